The van der Waals surface area contributed by atoms with Gasteiger partial charge in [0.1, 0.15) is 5.82 Å². The minimum Gasteiger partial charge on any atom is -0.349 e. The molecular formula is C11H10FN3O3. The molecule has 0 spiro atoms. The zero-order valence-electron chi connectivity index (χ0n) is 9.51. The molecule has 0 bridgehead atoms. The fourth-order valence-electron chi connectivity index (χ4n) is 1.31. The highest BCUT2D eigenvalue weighted by Crippen LogP contribution is 2.16. The summed E-state index contributed by atoms with van der Waals surface area (Å²) in [6.07, 6.45) is 0.100. The van der Waals surface area contributed by atoms with E-state index in [-0.39, 0.29) is 12.0 Å². The molecule has 0 aliphatic heterocycles. The predicted octanol–water partition coefficient (Wildman–Crippen LogP) is 1.77. The van der Waals surface area contributed by atoms with Crippen LogP contribution in [0.15, 0.2) is 18.2 Å². The molecule has 0 aliphatic rings. The van der Waals surface area contributed by atoms with Crippen LogP contribution in [0.4, 0.5) is 10.1 Å². The average Bonchev–Trinajstić information content (AvgIpc) is 2.28. The Morgan fingerprint density at radius 1 is 1.61 bits per heavy atom. The third kappa shape index (κ3) is 3.52. The van der Waals surface area contributed by atoms with E-state index in [2.05, 4.69) is 5.32 Å². The van der Waals surface area contributed by atoms with Crippen LogP contribution in [0.1, 0.15) is 23.7 Å². The molecule has 1 aromatic carbocycles. The van der Waals surface area contributed by atoms with Crippen molar-refractivity contribution in [2.24, 2.45) is 0 Å². The molecule has 0 heterocycles. The summed E-state index contributed by atoms with van der Waals surface area (Å²) >= 11 is 0. The van der Waals surface area contributed by atoms with Gasteiger partial charge in [0.2, 0.25) is 0 Å². The molecule has 1 aromatic rings. The number of carbonyl (C=O) groups excluding carboxylic acids is 1. The molecular weight excluding hydrogens is 241 g/mol. The maximum atomic E-state index is 13.1. The molecule has 0 aliphatic carbocycles. The lowest BCUT2D eigenvalue weighted by molar-refractivity contribution is -0.385. The lowest BCUT2D eigenvalue weighted by atomic mass is 10.1. The first kappa shape index (κ1) is 13.6. The normalized spacial score (nSPS) is 11.4. The lowest BCUT2D eigenvalue weighted by Gasteiger charge is -2.10. The Bertz CT molecular complexity index is 525. The molecule has 1 amide bonds. The summed E-state index contributed by atoms with van der Waals surface area (Å²) in [6.45, 7) is 1.61. The Hall–Kier alpha value is -2.49. The number of rotatable bonds is 4. The van der Waals surface area contributed by atoms with Crippen LogP contribution in [-0.2, 0) is 0 Å². The Balaban J connectivity index is 2.93. The maximum absolute atomic E-state index is 13.1. The Morgan fingerprint density at radius 2 is 2.28 bits per heavy atom. The van der Waals surface area contributed by atoms with Crippen molar-refractivity contribution in [3.05, 3.63) is 39.7 Å². The fourth-order valence-corrected chi connectivity index (χ4v) is 1.31. The van der Waals surface area contributed by atoms with Gasteiger partial charge in [-0.15, -0.1) is 0 Å². The van der Waals surface area contributed by atoms with E-state index in [1.54, 1.807) is 6.92 Å². The van der Waals surface area contributed by atoms with Gasteiger partial charge in [-0.05, 0) is 13.0 Å². The number of hydrogen-bond donors (Lipinski definition) is 1. The van der Waals surface area contributed by atoms with Gasteiger partial charge in [-0.3, -0.25) is 14.9 Å². The first-order chi connectivity index (χ1) is 8.43. The number of nitrogens with one attached hydrogen (secondary N) is 1. The number of halogens is 1. The largest absolute Gasteiger partial charge is 0.349 e. The van der Waals surface area contributed by atoms with E-state index in [4.69, 9.17) is 5.26 Å². The van der Waals surface area contributed by atoms with Crippen LogP contribution in [0.25, 0.3) is 0 Å². The SMILES string of the molecule is CC(CC#N)NC(=O)c1cc(F)cc([N+](=O)[O-])c1. The lowest BCUT2D eigenvalue weighted by Crippen LogP contribution is -2.32. The second kappa shape index (κ2) is 5.72. The van der Waals surface area contributed by atoms with Crippen LogP contribution < -0.4 is 5.32 Å². The third-order valence-corrected chi connectivity index (χ3v) is 2.13. The van der Waals surface area contributed by atoms with E-state index in [9.17, 15) is 19.3 Å². The van der Waals surface area contributed by atoms with Gasteiger partial charge in [0.05, 0.1) is 23.5 Å². The van der Waals surface area contributed by atoms with Crippen molar-refractivity contribution < 1.29 is 14.1 Å². The molecule has 18 heavy (non-hydrogen) atoms. The van der Waals surface area contributed by atoms with Crippen LogP contribution in [0.2, 0.25) is 0 Å². The molecule has 0 saturated carbocycles. The molecule has 0 fully saturated rings. The zero-order valence-corrected chi connectivity index (χ0v) is 9.51. The summed E-state index contributed by atoms with van der Waals surface area (Å²) < 4.78 is 13.1. The van der Waals surface area contributed by atoms with Crippen molar-refractivity contribution in [3.8, 4) is 6.07 Å². The van der Waals surface area contributed by atoms with Gasteiger partial charge >= 0.3 is 0 Å². The maximum Gasteiger partial charge on any atom is 0.273 e. The molecule has 7 heteroatoms. The van der Waals surface area contributed by atoms with Gasteiger partial charge in [0.15, 0.2) is 0 Å². The van der Waals surface area contributed by atoms with Crippen LogP contribution >= 0.6 is 0 Å². The highest BCUT2D eigenvalue weighted by atomic mass is 19.1. The van der Waals surface area contributed by atoms with Crippen molar-refractivity contribution in [2.45, 2.75) is 19.4 Å². The number of nitro benzene ring substituents is 1. The van der Waals surface area contributed by atoms with Gasteiger partial charge < -0.3 is 5.32 Å². The van der Waals surface area contributed by atoms with E-state index < -0.39 is 28.4 Å². The topological polar surface area (TPSA) is 96.0 Å². The Labute approximate surface area is 102 Å². The van der Waals surface area contributed by atoms with Crippen molar-refractivity contribution in [1.82, 2.24) is 5.32 Å². The van der Waals surface area contributed by atoms with Crippen LogP contribution in [0.3, 0.4) is 0 Å². The summed E-state index contributed by atoms with van der Waals surface area (Å²) in [6, 6.07) is 4.08. The van der Waals surface area contributed by atoms with Crippen LogP contribution in [-0.4, -0.2) is 16.9 Å². The minimum atomic E-state index is -0.859. The Morgan fingerprint density at radius 3 is 2.83 bits per heavy atom. The number of hydrogen-bond acceptors (Lipinski definition) is 4. The van der Waals surface area contributed by atoms with Crippen LogP contribution in [0.5, 0.6) is 0 Å². The molecule has 1 atom stereocenters. The molecule has 1 unspecified atom stereocenters. The van der Waals surface area contributed by atoms with Crippen molar-refractivity contribution in [1.29, 1.82) is 5.26 Å². The second-order valence-electron chi connectivity index (χ2n) is 3.69. The summed E-state index contributed by atoms with van der Waals surface area (Å²) in [5.74, 6) is -1.51. The average molecular weight is 251 g/mol. The highest BCUT2D eigenvalue weighted by molar-refractivity contribution is 5.95. The molecule has 1 N–H and O–H groups in total. The predicted molar refractivity (Wildman–Crippen MR) is 60.2 cm³/mol. The van der Waals surface area contributed by atoms with Crippen molar-refractivity contribution in [2.75, 3.05) is 0 Å². The number of benzene rings is 1. The van der Waals surface area contributed by atoms with E-state index in [1.165, 1.54) is 0 Å². The first-order valence-electron chi connectivity index (χ1n) is 5.07. The van der Waals surface area contributed by atoms with Gasteiger partial charge in [-0.25, -0.2) is 4.39 Å². The number of nitro groups is 1. The van der Waals surface area contributed by atoms with Crippen molar-refractivity contribution >= 4 is 11.6 Å². The van der Waals surface area contributed by atoms with Gasteiger partial charge in [0, 0.05) is 17.7 Å². The van der Waals surface area contributed by atoms with E-state index in [1.807, 2.05) is 6.07 Å². The smallest absolute Gasteiger partial charge is 0.273 e. The summed E-state index contributed by atoms with van der Waals surface area (Å²) in [5, 5.41) is 21.4. The number of carbonyl (C=O) groups is 1. The first-order valence-corrected chi connectivity index (χ1v) is 5.07. The van der Waals surface area contributed by atoms with Gasteiger partial charge in [0.25, 0.3) is 11.6 Å². The molecule has 1 rings (SSSR count). The van der Waals surface area contributed by atoms with Gasteiger partial charge in [-0.1, -0.05) is 0 Å². The van der Waals surface area contributed by atoms with Crippen molar-refractivity contribution in [3.63, 3.8) is 0 Å². The number of nitrogens with zero attached hydrogens (tertiary/aromatic N) is 2. The monoisotopic (exact) mass is 251 g/mol. The minimum absolute atomic E-state index is 0.100. The Kier molecular flexibility index (Phi) is 4.32. The fraction of sp³-hybridized carbons (Fsp3) is 0.273. The van der Waals surface area contributed by atoms with Gasteiger partial charge in [-0.2, -0.15) is 5.26 Å². The molecule has 94 valence electrons. The van der Waals surface area contributed by atoms with E-state index >= 15 is 0 Å². The highest BCUT2D eigenvalue weighted by Gasteiger charge is 2.15. The summed E-state index contributed by atoms with van der Waals surface area (Å²) in [7, 11) is 0. The number of nitriles is 1. The van der Waals surface area contributed by atoms with Crippen LogP contribution in [0, 0.1) is 27.3 Å². The molecule has 0 saturated heterocycles. The third-order valence-electron chi connectivity index (χ3n) is 2.13. The quantitative estimate of drug-likeness (QED) is 0.651. The van der Waals surface area contributed by atoms with E-state index in [0.29, 0.717) is 0 Å². The molecule has 0 aromatic heterocycles. The molecule has 0 radical (unpaired) electrons. The number of amides is 1. The second-order valence-corrected chi connectivity index (χ2v) is 3.69. The number of non-ortho nitro benzene ring substituents is 1. The van der Waals surface area contributed by atoms with E-state index in [0.717, 1.165) is 18.2 Å². The zero-order chi connectivity index (χ0) is 13.7. The summed E-state index contributed by atoms with van der Waals surface area (Å²) in [4.78, 5) is 21.4. The summed E-state index contributed by atoms with van der Waals surface area (Å²) in [5.41, 5.74) is -0.639. The standard InChI is InChI=1S/C11H10FN3O3/c1-7(2-3-13)14-11(16)8-4-9(12)6-10(5-8)15(17)18/h4-7H,2H2,1H3,(H,14,16). The molecule has 6 nitrogen and oxygen atoms in total.